The minimum absolute atomic E-state index is 0.00690. The van der Waals surface area contributed by atoms with Gasteiger partial charge < -0.3 is 16.8 Å². The molecule has 0 saturated heterocycles. The van der Waals surface area contributed by atoms with Gasteiger partial charge in [0.1, 0.15) is 0 Å². The highest BCUT2D eigenvalue weighted by Gasteiger charge is 2.49. The van der Waals surface area contributed by atoms with E-state index in [4.69, 9.17) is 11.5 Å². The summed E-state index contributed by atoms with van der Waals surface area (Å²) in [6.45, 7) is 0.440. The molecule has 0 spiro atoms. The summed E-state index contributed by atoms with van der Waals surface area (Å²) in [6.07, 6.45) is 5.09. The van der Waals surface area contributed by atoms with Crippen molar-refractivity contribution < 1.29 is 9.59 Å². The van der Waals surface area contributed by atoms with E-state index in [0.717, 1.165) is 38.5 Å². The minimum atomic E-state index is -0.277. The summed E-state index contributed by atoms with van der Waals surface area (Å²) >= 11 is 0. The molecule has 0 radical (unpaired) electrons. The normalized spacial score (nSPS) is 30.6. The topological polar surface area (TPSA) is 98.2 Å². The summed E-state index contributed by atoms with van der Waals surface area (Å²) < 4.78 is 0. The van der Waals surface area contributed by atoms with Crippen LogP contribution in [0.2, 0.25) is 0 Å². The van der Waals surface area contributed by atoms with E-state index in [1.807, 2.05) is 0 Å². The number of nitrogens with one attached hydrogen (secondary N) is 1. The minimum Gasteiger partial charge on any atom is -0.369 e. The highest BCUT2D eigenvalue weighted by Crippen LogP contribution is 2.45. The summed E-state index contributed by atoms with van der Waals surface area (Å²) in [5.41, 5.74) is 10.6. The molecule has 5 nitrogen and oxygen atoms in total. The lowest BCUT2D eigenvalue weighted by Gasteiger charge is -2.28. The zero-order valence-corrected chi connectivity index (χ0v) is 10.1. The highest BCUT2D eigenvalue weighted by atomic mass is 16.2. The van der Waals surface area contributed by atoms with Gasteiger partial charge >= 0.3 is 0 Å². The number of nitrogens with two attached hydrogens (primary N) is 2. The lowest BCUT2D eigenvalue weighted by molar-refractivity contribution is -0.127. The fraction of sp³-hybridized carbons (Fsp3) is 0.833. The van der Waals surface area contributed by atoms with Crippen LogP contribution in [0.4, 0.5) is 0 Å². The fourth-order valence-electron chi connectivity index (χ4n) is 2.54. The first-order valence-electron chi connectivity index (χ1n) is 6.38. The van der Waals surface area contributed by atoms with Gasteiger partial charge in [0.25, 0.3) is 0 Å². The highest BCUT2D eigenvalue weighted by molar-refractivity contribution is 5.85. The molecule has 17 heavy (non-hydrogen) atoms. The van der Waals surface area contributed by atoms with Crippen molar-refractivity contribution in [1.29, 1.82) is 0 Å². The maximum atomic E-state index is 12.0. The van der Waals surface area contributed by atoms with Crippen molar-refractivity contribution in [1.82, 2.24) is 5.32 Å². The van der Waals surface area contributed by atoms with Crippen LogP contribution in [-0.4, -0.2) is 24.4 Å². The molecule has 2 aliphatic rings. The van der Waals surface area contributed by atoms with Crippen LogP contribution in [0, 0.1) is 11.3 Å². The monoisotopic (exact) mass is 239 g/mol. The molecular formula is C12H21N3O2. The Morgan fingerprint density at radius 2 is 1.76 bits per heavy atom. The molecule has 2 rings (SSSR count). The molecule has 0 bridgehead atoms. The van der Waals surface area contributed by atoms with Crippen molar-refractivity contribution in [2.45, 2.75) is 44.6 Å². The second kappa shape index (κ2) is 4.64. The lowest BCUT2D eigenvalue weighted by Crippen LogP contribution is -2.44. The molecule has 2 aliphatic carbocycles. The molecule has 2 fully saturated rings. The number of hydrogen-bond acceptors (Lipinski definition) is 3. The summed E-state index contributed by atoms with van der Waals surface area (Å²) in [4.78, 5) is 23.0. The number of amides is 2. The zero-order chi connectivity index (χ0) is 12.5. The van der Waals surface area contributed by atoms with Gasteiger partial charge in [0.15, 0.2) is 0 Å². The van der Waals surface area contributed by atoms with Crippen LogP contribution < -0.4 is 16.8 Å². The second-order valence-electron chi connectivity index (χ2n) is 5.41. The molecule has 0 heterocycles. The van der Waals surface area contributed by atoms with Crippen LogP contribution in [0.25, 0.3) is 0 Å². The SMILES string of the molecule is NCC1(C(=O)NC2CCC(C(N)=O)CC2)CC1. The van der Waals surface area contributed by atoms with E-state index in [2.05, 4.69) is 5.32 Å². The van der Waals surface area contributed by atoms with E-state index in [9.17, 15) is 9.59 Å². The van der Waals surface area contributed by atoms with Crippen LogP contribution in [0.1, 0.15) is 38.5 Å². The molecule has 0 atom stereocenters. The van der Waals surface area contributed by atoms with Crippen molar-refractivity contribution >= 4 is 11.8 Å². The molecule has 5 heteroatoms. The molecule has 96 valence electrons. The first-order chi connectivity index (χ1) is 8.07. The summed E-state index contributed by atoms with van der Waals surface area (Å²) in [5, 5.41) is 3.06. The van der Waals surface area contributed by atoms with Gasteiger partial charge in [-0.05, 0) is 38.5 Å². The Morgan fingerprint density at radius 3 is 2.18 bits per heavy atom. The van der Waals surface area contributed by atoms with Gasteiger partial charge in [-0.15, -0.1) is 0 Å². The molecule has 0 aromatic rings. The number of carbonyl (C=O) groups is 2. The predicted octanol–water partition coefficient (Wildman–Crippen LogP) is -0.114. The third kappa shape index (κ3) is 2.60. The Morgan fingerprint density at radius 1 is 1.18 bits per heavy atom. The van der Waals surface area contributed by atoms with Gasteiger partial charge in [-0.1, -0.05) is 0 Å². The van der Waals surface area contributed by atoms with Crippen molar-refractivity contribution in [2.75, 3.05) is 6.54 Å². The average molecular weight is 239 g/mol. The van der Waals surface area contributed by atoms with Crippen molar-refractivity contribution in [3.05, 3.63) is 0 Å². The van der Waals surface area contributed by atoms with Crippen molar-refractivity contribution in [3.63, 3.8) is 0 Å². The number of carbonyl (C=O) groups excluding carboxylic acids is 2. The molecule has 0 aliphatic heterocycles. The third-order valence-corrected chi connectivity index (χ3v) is 4.19. The molecule has 0 aromatic heterocycles. The van der Waals surface area contributed by atoms with Crippen molar-refractivity contribution in [2.24, 2.45) is 22.8 Å². The predicted molar refractivity (Wildman–Crippen MR) is 63.8 cm³/mol. The number of rotatable bonds is 4. The number of primary amides is 1. The maximum Gasteiger partial charge on any atom is 0.227 e. The Bertz CT molecular complexity index is 318. The van der Waals surface area contributed by atoms with Gasteiger partial charge in [-0.3, -0.25) is 9.59 Å². The Labute approximate surface area is 101 Å². The van der Waals surface area contributed by atoms with Crippen LogP contribution in [0.3, 0.4) is 0 Å². The largest absolute Gasteiger partial charge is 0.369 e. The van der Waals surface area contributed by atoms with Crippen LogP contribution in [-0.2, 0) is 9.59 Å². The van der Waals surface area contributed by atoms with Gasteiger partial charge in [0, 0.05) is 18.5 Å². The molecule has 5 N–H and O–H groups in total. The smallest absolute Gasteiger partial charge is 0.227 e. The van der Waals surface area contributed by atoms with Gasteiger partial charge in [0.05, 0.1) is 5.41 Å². The molecule has 2 saturated carbocycles. The molecule has 2 amide bonds. The van der Waals surface area contributed by atoms with E-state index in [0.29, 0.717) is 6.54 Å². The van der Waals surface area contributed by atoms with Crippen LogP contribution in [0.15, 0.2) is 0 Å². The quantitative estimate of drug-likeness (QED) is 0.638. The van der Waals surface area contributed by atoms with Gasteiger partial charge in [-0.2, -0.15) is 0 Å². The Kier molecular flexibility index (Phi) is 3.38. The fourth-order valence-corrected chi connectivity index (χ4v) is 2.54. The second-order valence-corrected chi connectivity index (χ2v) is 5.41. The van der Waals surface area contributed by atoms with E-state index in [-0.39, 0.29) is 29.2 Å². The van der Waals surface area contributed by atoms with Crippen LogP contribution in [0.5, 0.6) is 0 Å². The average Bonchev–Trinajstić information content (AvgIpc) is 3.10. The van der Waals surface area contributed by atoms with E-state index >= 15 is 0 Å². The zero-order valence-electron chi connectivity index (χ0n) is 10.1. The Hall–Kier alpha value is -1.10. The first kappa shape index (κ1) is 12.4. The van der Waals surface area contributed by atoms with E-state index < -0.39 is 0 Å². The van der Waals surface area contributed by atoms with Crippen LogP contribution >= 0.6 is 0 Å². The summed E-state index contributed by atoms with van der Waals surface area (Å²) in [6, 6.07) is 0.196. The maximum absolute atomic E-state index is 12.0. The van der Waals surface area contributed by atoms with Crippen molar-refractivity contribution in [3.8, 4) is 0 Å². The van der Waals surface area contributed by atoms with Gasteiger partial charge in [-0.25, -0.2) is 0 Å². The summed E-state index contributed by atoms with van der Waals surface area (Å²) in [5.74, 6) is -0.120. The summed E-state index contributed by atoms with van der Waals surface area (Å²) in [7, 11) is 0. The lowest BCUT2D eigenvalue weighted by atomic mass is 9.85. The Balaban J connectivity index is 1.78. The molecule has 0 aromatic carbocycles. The van der Waals surface area contributed by atoms with Gasteiger partial charge in [0.2, 0.25) is 11.8 Å². The molecular weight excluding hydrogens is 218 g/mol. The number of hydrogen-bond donors (Lipinski definition) is 3. The third-order valence-electron chi connectivity index (χ3n) is 4.19. The van der Waals surface area contributed by atoms with E-state index in [1.54, 1.807) is 0 Å². The van der Waals surface area contributed by atoms with E-state index in [1.165, 1.54) is 0 Å². The first-order valence-corrected chi connectivity index (χ1v) is 6.38. The standard InChI is InChI=1S/C12H21N3O2/c13-7-12(5-6-12)11(17)15-9-3-1-8(2-4-9)10(14)16/h8-9H,1-7,13H2,(H2,14,16)(H,15,17). The molecule has 0 unspecified atom stereocenters.